The van der Waals surface area contributed by atoms with Crippen molar-refractivity contribution in [1.82, 2.24) is 10.2 Å². The Kier molecular flexibility index (Phi) is 4.49. The van der Waals surface area contributed by atoms with Gasteiger partial charge in [-0.15, -0.1) is 0 Å². The topological polar surface area (TPSA) is 32.3 Å². The van der Waals surface area contributed by atoms with E-state index in [1.807, 2.05) is 4.90 Å². The summed E-state index contributed by atoms with van der Waals surface area (Å²) in [4.78, 5) is 15.3. The van der Waals surface area contributed by atoms with Gasteiger partial charge in [-0.05, 0) is 62.2 Å². The molecule has 1 aliphatic carbocycles. The van der Waals surface area contributed by atoms with E-state index in [9.17, 15) is 18.0 Å². The predicted octanol–water partition coefficient (Wildman–Crippen LogP) is 3.59. The van der Waals surface area contributed by atoms with Crippen LogP contribution in [-0.4, -0.2) is 37.0 Å². The number of nitrogens with zero attached hydrogens (tertiary/aromatic N) is 1. The molecular formula is C20H25F3N2O. The second kappa shape index (κ2) is 6.55. The number of carbonyl (C=O) groups excluding carboxylic acids is 1. The molecule has 0 spiro atoms. The molecule has 3 aliphatic rings. The summed E-state index contributed by atoms with van der Waals surface area (Å²) in [5.74, 6) is 1.29. The van der Waals surface area contributed by atoms with Crippen LogP contribution >= 0.6 is 0 Å². The number of likely N-dealkylation sites (tertiary alicyclic amines) is 1. The van der Waals surface area contributed by atoms with Crippen LogP contribution in [0.4, 0.5) is 13.2 Å². The van der Waals surface area contributed by atoms with Gasteiger partial charge in [-0.3, -0.25) is 4.79 Å². The fraction of sp³-hybridized carbons (Fsp3) is 0.650. The highest BCUT2D eigenvalue weighted by atomic mass is 19.4. The second-order valence-corrected chi connectivity index (χ2v) is 8.06. The smallest absolute Gasteiger partial charge is 0.342 e. The van der Waals surface area contributed by atoms with Crippen molar-refractivity contribution >= 4 is 5.91 Å². The molecule has 2 saturated heterocycles. The van der Waals surface area contributed by atoms with Gasteiger partial charge in [0.15, 0.2) is 0 Å². The maximum Gasteiger partial charge on any atom is 0.416 e. The van der Waals surface area contributed by atoms with Crippen LogP contribution in [0.2, 0.25) is 0 Å². The minimum absolute atomic E-state index is 0.0380. The van der Waals surface area contributed by atoms with Gasteiger partial charge in [0, 0.05) is 13.1 Å². The normalized spacial score (nSPS) is 28.2. The highest BCUT2D eigenvalue weighted by molar-refractivity contribution is 5.89. The number of carbonyl (C=O) groups is 1. The maximum absolute atomic E-state index is 13.4. The molecule has 0 radical (unpaired) electrons. The van der Waals surface area contributed by atoms with Gasteiger partial charge in [0.25, 0.3) is 0 Å². The zero-order valence-electron chi connectivity index (χ0n) is 14.8. The number of amides is 1. The lowest BCUT2D eigenvalue weighted by Crippen LogP contribution is -2.51. The molecule has 0 bridgehead atoms. The SMILES string of the molecule is O=C(N1CC[C@@H]2CNC[C@@H]2CC1)C1(c2cccc(C(F)(F)F)c2)CCC1. The average Bonchev–Trinajstić information content (AvgIpc) is 2.92. The highest BCUT2D eigenvalue weighted by Gasteiger charge is 2.49. The minimum Gasteiger partial charge on any atom is -0.342 e. The molecule has 6 heteroatoms. The molecule has 142 valence electrons. The first-order valence-electron chi connectivity index (χ1n) is 9.58. The molecule has 2 aliphatic heterocycles. The van der Waals surface area contributed by atoms with Crippen LogP contribution in [-0.2, 0) is 16.4 Å². The Hall–Kier alpha value is -1.56. The molecule has 0 unspecified atom stereocenters. The molecule has 2 atom stereocenters. The number of benzene rings is 1. The molecule has 1 aromatic rings. The molecule has 0 aromatic heterocycles. The molecule has 4 rings (SSSR count). The molecule has 1 saturated carbocycles. The van der Waals surface area contributed by atoms with Crippen LogP contribution in [0.5, 0.6) is 0 Å². The Morgan fingerprint density at radius 1 is 1.12 bits per heavy atom. The minimum atomic E-state index is -4.38. The van der Waals surface area contributed by atoms with Crippen molar-refractivity contribution < 1.29 is 18.0 Å². The van der Waals surface area contributed by atoms with Gasteiger partial charge in [-0.25, -0.2) is 0 Å². The van der Waals surface area contributed by atoms with E-state index in [1.165, 1.54) is 12.1 Å². The molecule has 3 nitrogen and oxygen atoms in total. The third kappa shape index (κ3) is 3.02. The highest BCUT2D eigenvalue weighted by Crippen LogP contribution is 2.47. The summed E-state index contributed by atoms with van der Waals surface area (Å²) in [6.07, 6.45) is -0.206. The Bertz CT molecular complexity index is 670. The van der Waals surface area contributed by atoms with Gasteiger partial charge >= 0.3 is 6.18 Å². The summed E-state index contributed by atoms with van der Waals surface area (Å²) in [6, 6.07) is 5.40. The largest absolute Gasteiger partial charge is 0.416 e. The zero-order chi connectivity index (χ0) is 18.4. The number of halogens is 3. The third-order valence-electron chi connectivity index (χ3n) is 6.67. The summed E-state index contributed by atoms with van der Waals surface area (Å²) in [7, 11) is 0. The molecule has 26 heavy (non-hydrogen) atoms. The van der Waals surface area contributed by atoms with Crippen LogP contribution in [0, 0.1) is 11.8 Å². The molecule has 1 N–H and O–H groups in total. The molecule has 1 aromatic carbocycles. The number of alkyl halides is 3. The first-order valence-corrected chi connectivity index (χ1v) is 9.58. The summed E-state index contributed by atoms with van der Waals surface area (Å²) in [5, 5.41) is 3.42. The molecule has 2 heterocycles. The lowest BCUT2D eigenvalue weighted by Gasteiger charge is -2.44. The van der Waals surface area contributed by atoms with E-state index in [2.05, 4.69) is 5.32 Å². The van der Waals surface area contributed by atoms with Crippen LogP contribution in [0.3, 0.4) is 0 Å². The summed E-state index contributed by atoms with van der Waals surface area (Å²) in [6.45, 7) is 3.49. The number of rotatable bonds is 2. The van der Waals surface area contributed by atoms with Crippen molar-refractivity contribution in [3.8, 4) is 0 Å². The van der Waals surface area contributed by atoms with E-state index < -0.39 is 17.2 Å². The summed E-state index contributed by atoms with van der Waals surface area (Å²) < 4.78 is 39.4. The maximum atomic E-state index is 13.4. The zero-order valence-corrected chi connectivity index (χ0v) is 14.8. The van der Waals surface area contributed by atoms with E-state index >= 15 is 0 Å². The van der Waals surface area contributed by atoms with Crippen LogP contribution in [0.15, 0.2) is 24.3 Å². The van der Waals surface area contributed by atoms with E-state index in [4.69, 9.17) is 0 Å². The Morgan fingerprint density at radius 3 is 2.31 bits per heavy atom. The van der Waals surface area contributed by atoms with E-state index in [1.54, 1.807) is 6.07 Å². The lowest BCUT2D eigenvalue weighted by atomic mass is 9.63. The molecule has 3 fully saturated rings. The summed E-state index contributed by atoms with van der Waals surface area (Å²) >= 11 is 0. The van der Waals surface area contributed by atoms with E-state index in [0.717, 1.165) is 51.5 Å². The second-order valence-electron chi connectivity index (χ2n) is 8.06. The van der Waals surface area contributed by atoms with Crippen molar-refractivity contribution in [2.75, 3.05) is 26.2 Å². The van der Waals surface area contributed by atoms with Crippen molar-refractivity contribution in [3.05, 3.63) is 35.4 Å². The van der Waals surface area contributed by atoms with Gasteiger partial charge < -0.3 is 10.2 Å². The van der Waals surface area contributed by atoms with Crippen molar-refractivity contribution in [2.45, 2.75) is 43.7 Å². The third-order valence-corrected chi connectivity index (χ3v) is 6.67. The first kappa shape index (κ1) is 17.8. The van der Waals surface area contributed by atoms with E-state index in [0.29, 0.717) is 30.2 Å². The van der Waals surface area contributed by atoms with Crippen molar-refractivity contribution in [2.24, 2.45) is 11.8 Å². The Balaban J connectivity index is 1.57. The lowest BCUT2D eigenvalue weighted by molar-refractivity contribution is -0.142. The molecule has 1 amide bonds. The van der Waals surface area contributed by atoms with Gasteiger partial charge in [0.05, 0.1) is 11.0 Å². The number of hydrogen-bond donors (Lipinski definition) is 1. The fourth-order valence-corrected chi connectivity index (χ4v) is 4.87. The Labute approximate surface area is 151 Å². The number of hydrogen-bond acceptors (Lipinski definition) is 2. The average molecular weight is 366 g/mol. The quantitative estimate of drug-likeness (QED) is 0.868. The first-order chi connectivity index (χ1) is 12.4. The van der Waals surface area contributed by atoms with Crippen LogP contribution in [0.1, 0.15) is 43.2 Å². The summed E-state index contributed by atoms with van der Waals surface area (Å²) in [5.41, 5.74) is -0.876. The van der Waals surface area contributed by atoms with Crippen LogP contribution in [0.25, 0.3) is 0 Å². The fourth-order valence-electron chi connectivity index (χ4n) is 4.87. The van der Waals surface area contributed by atoms with Gasteiger partial charge in [0.1, 0.15) is 0 Å². The van der Waals surface area contributed by atoms with Gasteiger partial charge in [-0.1, -0.05) is 24.6 Å². The monoisotopic (exact) mass is 366 g/mol. The van der Waals surface area contributed by atoms with Gasteiger partial charge in [0.2, 0.25) is 5.91 Å². The van der Waals surface area contributed by atoms with Crippen molar-refractivity contribution in [1.29, 1.82) is 0 Å². The Morgan fingerprint density at radius 2 is 1.77 bits per heavy atom. The number of fused-ring (bicyclic) bond motifs is 1. The van der Waals surface area contributed by atoms with Gasteiger partial charge in [-0.2, -0.15) is 13.2 Å². The van der Waals surface area contributed by atoms with Crippen LogP contribution < -0.4 is 5.32 Å². The van der Waals surface area contributed by atoms with E-state index in [-0.39, 0.29) is 5.91 Å². The predicted molar refractivity (Wildman–Crippen MR) is 92.6 cm³/mol. The number of nitrogens with one attached hydrogen (secondary N) is 1. The molecular weight excluding hydrogens is 341 g/mol. The van der Waals surface area contributed by atoms with Crippen molar-refractivity contribution in [3.63, 3.8) is 0 Å². The standard InChI is InChI=1S/C20H25F3N2O/c21-20(22,23)17-4-1-3-16(11-17)19(7-2-8-19)18(26)25-9-5-14-12-24-13-15(14)6-10-25/h1,3-4,11,14-15,24H,2,5-10,12-13H2/t14-,15+.